The molecule has 8 rings (SSSR count). The summed E-state index contributed by atoms with van der Waals surface area (Å²) in [6, 6.07) is 10.9. The minimum atomic E-state index is -0.0612. The van der Waals surface area contributed by atoms with Gasteiger partial charge in [-0.15, -0.1) is 0 Å². The summed E-state index contributed by atoms with van der Waals surface area (Å²) in [5.74, 6) is 4.53. The van der Waals surface area contributed by atoms with Gasteiger partial charge in [-0.1, -0.05) is 7.43 Å². The third-order valence-corrected chi connectivity index (χ3v) is 9.05. The number of nitrogens with zero attached hydrogens (tertiary/aromatic N) is 4. The van der Waals surface area contributed by atoms with E-state index in [9.17, 15) is 9.59 Å². The molecule has 1 atom stereocenters. The van der Waals surface area contributed by atoms with Crippen LogP contribution in [0.15, 0.2) is 61.2 Å². The summed E-state index contributed by atoms with van der Waals surface area (Å²) in [7, 11) is 7.40. The van der Waals surface area contributed by atoms with Crippen molar-refractivity contribution in [2.45, 2.75) is 39.7 Å². The molecule has 0 saturated heterocycles. The Balaban J connectivity index is 0.000000166. The number of fused-ring (bicyclic) bond motifs is 4. The summed E-state index contributed by atoms with van der Waals surface area (Å²) in [4.78, 5) is 33.3. The van der Waals surface area contributed by atoms with E-state index in [1.165, 1.54) is 12.5 Å². The van der Waals surface area contributed by atoms with Crippen molar-refractivity contribution in [1.82, 2.24) is 14.9 Å². The molecule has 1 unspecified atom stereocenters. The van der Waals surface area contributed by atoms with E-state index in [4.69, 9.17) is 28.4 Å². The van der Waals surface area contributed by atoms with Crippen LogP contribution in [0.5, 0.6) is 34.5 Å². The molecule has 4 aromatic rings. The van der Waals surface area contributed by atoms with Gasteiger partial charge in [-0.3, -0.25) is 24.5 Å². The molecule has 0 radical (unpaired) electrons. The zero-order chi connectivity index (χ0) is 35.2. The number of ketones is 2. The number of benzene rings is 2. The van der Waals surface area contributed by atoms with Gasteiger partial charge in [0.2, 0.25) is 25.1 Å². The first kappa shape index (κ1) is 36.8. The highest BCUT2D eigenvalue weighted by atomic mass is 16.7. The summed E-state index contributed by atoms with van der Waals surface area (Å²) in [5.41, 5.74) is 5.95. The zero-order valence-electron chi connectivity index (χ0n) is 28.9. The van der Waals surface area contributed by atoms with Crippen LogP contribution in [-0.4, -0.2) is 92.2 Å². The maximum Gasteiger partial charge on any atom is 0.231 e. The maximum absolute atomic E-state index is 12.8. The molecule has 0 spiro atoms. The van der Waals surface area contributed by atoms with Gasteiger partial charge in [0.15, 0.2) is 40.8 Å². The average molecular weight is 698 g/mol. The van der Waals surface area contributed by atoms with Crippen LogP contribution in [0.25, 0.3) is 0 Å². The lowest BCUT2D eigenvalue weighted by Crippen LogP contribution is -2.34. The Hall–Kier alpha value is -5.49. The van der Waals surface area contributed by atoms with Crippen molar-refractivity contribution < 1.29 is 42.6 Å². The largest absolute Gasteiger partial charge is 0.492 e. The second-order valence-electron chi connectivity index (χ2n) is 12.2. The predicted octanol–water partition coefficient (Wildman–Crippen LogP) is 5.58. The third-order valence-electron chi connectivity index (χ3n) is 9.05. The Kier molecular flexibility index (Phi) is 11.9. The molecule has 0 saturated carbocycles. The number of carbonyl (C=O) groups is 2. The van der Waals surface area contributed by atoms with Crippen LogP contribution in [0.1, 0.15) is 69.8 Å². The zero-order valence-corrected chi connectivity index (χ0v) is 28.9. The number of hydrogen-bond acceptors (Lipinski definition) is 11. The van der Waals surface area contributed by atoms with Crippen molar-refractivity contribution >= 4 is 17.8 Å². The molecule has 0 N–H and O–H groups in total. The summed E-state index contributed by atoms with van der Waals surface area (Å²) < 4.78 is 35.2. The number of hydrogen-bond donors (Lipinski definition) is 0. The lowest BCUT2D eigenvalue weighted by Gasteiger charge is -2.35. The van der Waals surface area contributed by atoms with Crippen molar-refractivity contribution in [3.8, 4) is 34.5 Å². The van der Waals surface area contributed by atoms with Gasteiger partial charge in [0.25, 0.3) is 0 Å². The lowest BCUT2D eigenvalue weighted by atomic mass is 9.87. The first-order chi connectivity index (χ1) is 24.3. The lowest BCUT2D eigenvalue weighted by molar-refractivity contribution is -0.493. The predicted molar refractivity (Wildman–Crippen MR) is 191 cm³/mol. The van der Waals surface area contributed by atoms with Gasteiger partial charge in [-0.05, 0) is 67.9 Å². The third kappa shape index (κ3) is 7.96. The molecule has 4 aliphatic rings. The highest BCUT2D eigenvalue weighted by molar-refractivity contribution is 5.96. The number of pyridine rings is 2. The van der Waals surface area contributed by atoms with Crippen LogP contribution < -0.4 is 28.4 Å². The molecule has 12 heteroatoms. The number of ether oxygens (including phenoxy) is 6. The molecular formula is C39H45N4O8+. The number of likely N-dealkylation sites (N-methyl/N-ethyl adjacent to an activating group) is 2. The van der Waals surface area contributed by atoms with E-state index >= 15 is 0 Å². The fourth-order valence-corrected chi connectivity index (χ4v) is 6.41. The van der Waals surface area contributed by atoms with Gasteiger partial charge in [-0.25, -0.2) is 4.58 Å². The molecule has 2 aromatic carbocycles. The molecule has 6 heterocycles. The normalized spacial score (nSPS) is 16.0. The number of rotatable bonds is 6. The molecule has 4 aliphatic heterocycles. The van der Waals surface area contributed by atoms with Gasteiger partial charge >= 0.3 is 0 Å². The average Bonchev–Trinajstić information content (AvgIpc) is 3.82. The van der Waals surface area contributed by atoms with Gasteiger partial charge in [0, 0.05) is 66.9 Å². The number of methoxy groups -OCH3 is 2. The van der Waals surface area contributed by atoms with Crippen LogP contribution in [0.4, 0.5) is 0 Å². The molecule has 268 valence electrons. The minimum absolute atomic E-state index is 0. The van der Waals surface area contributed by atoms with E-state index in [1.807, 2.05) is 13.1 Å². The molecule has 0 aliphatic carbocycles. The van der Waals surface area contributed by atoms with Crippen molar-refractivity contribution in [2.24, 2.45) is 0 Å². The number of aromatic nitrogens is 2. The molecule has 51 heavy (non-hydrogen) atoms. The van der Waals surface area contributed by atoms with E-state index in [-0.39, 0.29) is 38.6 Å². The highest BCUT2D eigenvalue weighted by Crippen LogP contribution is 2.50. The van der Waals surface area contributed by atoms with Crippen LogP contribution in [-0.2, 0) is 12.8 Å². The first-order valence-electron chi connectivity index (χ1n) is 16.4. The standard InChI is InChI=1S/C19H20N2O4.C12H14NO3.C7H7NO.CH4/c1-21-8-5-13-9-16-18(25-11-24-16)19(23-2)17(13)14(21)10-15(22)12-3-6-20-7-4-12;1-13-4-3-8-5-10-12(16-7-15-10)11(14-2)9(8)6-13;1-6(9)7-2-4-8-5-3-7;/h3-4,6-7,9,14H,5,8,10-11H2,1-2H3;5-6H,3-4,7H2,1-2H3;2-5H,1H3;1H4/q;+1;;. The quantitative estimate of drug-likeness (QED) is 0.185. The fraction of sp³-hybridized carbons (Fsp3) is 0.359. The van der Waals surface area contributed by atoms with Gasteiger partial charge in [0.05, 0.1) is 19.8 Å². The Morgan fingerprint density at radius 3 is 1.98 bits per heavy atom. The van der Waals surface area contributed by atoms with E-state index in [1.54, 1.807) is 63.3 Å². The van der Waals surface area contributed by atoms with E-state index < -0.39 is 0 Å². The van der Waals surface area contributed by atoms with Crippen LogP contribution in [0, 0.1) is 0 Å². The molecule has 2 aromatic heterocycles. The van der Waals surface area contributed by atoms with Gasteiger partial charge in [0.1, 0.15) is 13.6 Å². The topological polar surface area (TPSA) is 122 Å². The van der Waals surface area contributed by atoms with Crippen LogP contribution >= 0.6 is 0 Å². The number of Topliss-reactive ketones (excluding diaryl/α,β-unsaturated/α-hetero) is 2. The van der Waals surface area contributed by atoms with Crippen molar-refractivity contribution in [1.29, 1.82) is 0 Å². The summed E-state index contributed by atoms with van der Waals surface area (Å²) in [5, 5.41) is 0. The SMILES string of the molecule is C.CC(=O)c1ccncc1.COc1c2c(cc3c1C(CC(=O)c1ccncc1)N(C)CC3)OCO2.COc1c2c(cc3c1OCO3)CC[N+](C)=C2. The smallest absolute Gasteiger partial charge is 0.231 e. The second kappa shape index (κ2) is 16.5. The highest BCUT2D eigenvalue weighted by Gasteiger charge is 2.35. The van der Waals surface area contributed by atoms with Gasteiger partial charge in [-0.2, -0.15) is 0 Å². The summed E-state index contributed by atoms with van der Waals surface area (Å²) in [6.07, 6.45) is 10.9. The molecule has 0 bridgehead atoms. The van der Waals surface area contributed by atoms with Crippen molar-refractivity contribution in [2.75, 3.05) is 55.0 Å². The van der Waals surface area contributed by atoms with Gasteiger partial charge < -0.3 is 28.4 Å². The summed E-state index contributed by atoms with van der Waals surface area (Å²) in [6.45, 7) is 3.92. The van der Waals surface area contributed by atoms with Crippen molar-refractivity contribution in [3.05, 3.63) is 94.6 Å². The van der Waals surface area contributed by atoms with Crippen LogP contribution in [0.2, 0.25) is 0 Å². The van der Waals surface area contributed by atoms with Crippen LogP contribution in [0.3, 0.4) is 0 Å². The Morgan fingerprint density at radius 1 is 0.843 bits per heavy atom. The summed E-state index contributed by atoms with van der Waals surface area (Å²) >= 11 is 0. The Labute approximate surface area is 298 Å². The Bertz CT molecular complexity index is 1900. The Morgan fingerprint density at radius 2 is 1.41 bits per heavy atom. The fourth-order valence-electron chi connectivity index (χ4n) is 6.41. The van der Waals surface area contributed by atoms with E-state index in [0.29, 0.717) is 29.0 Å². The monoisotopic (exact) mass is 697 g/mol. The second-order valence-corrected chi connectivity index (χ2v) is 12.2. The first-order valence-corrected chi connectivity index (χ1v) is 16.4. The van der Waals surface area contributed by atoms with Crippen molar-refractivity contribution in [3.63, 3.8) is 0 Å². The molecular weight excluding hydrogens is 652 g/mol. The number of carbonyl (C=O) groups excluding carboxylic acids is 2. The van der Waals surface area contributed by atoms with E-state index in [0.717, 1.165) is 65.6 Å². The minimum Gasteiger partial charge on any atom is -0.492 e. The maximum atomic E-state index is 12.8. The molecule has 0 fully saturated rings. The van der Waals surface area contributed by atoms with E-state index in [2.05, 4.69) is 38.8 Å². The molecule has 12 nitrogen and oxygen atoms in total. The molecule has 0 amide bonds.